The van der Waals surface area contributed by atoms with Crippen LogP contribution >= 0.6 is 11.6 Å². The van der Waals surface area contributed by atoms with Crippen LogP contribution in [0.5, 0.6) is 5.75 Å². The topological polar surface area (TPSA) is 102 Å². The average molecular weight is 403 g/mol. The van der Waals surface area contributed by atoms with Gasteiger partial charge in [-0.1, -0.05) is 0 Å². The molecule has 0 saturated carbocycles. The maximum Gasteiger partial charge on any atom is 0.326 e. The molecule has 0 radical (unpaired) electrons. The van der Waals surface area contributed by atoms with Gasteiger partial charge in [-0.3, -0.25) is 9.36 Å². The van der Waals surface area contributed by atoms with Gasteiger partial charge in [0.15, 0.2) is 0 Å². The van der Waals surface area contributed by atoms with E-state index in [4.69, 9.17) is 21.1 Å². The number of alkyl halides is 2. The van der Waals surface area contributed by atoms with Crippen molar-refractivity contribution in [3.05, 3.63) is 28.2 Å². The molecule has 0 saturated heterocycles. The molecule has 0 aliphatic carbocycles. The van der Waals surface area contributed by atoms with Crippen molar-refractivity contribution in [1.29, 1.82) is 5.26 Å². The number of hydrogen-bond donors (Lipinski definition) is 1. The van der Waals surface area contributed by atoms with E-state index < -0.39 is 35.0 Å². The van der Waals surface area contributed by atoms with Crippen LogP contribution in [0.2, 0.25) is 0 Å². The summed E-state index contributed by atoms with van der Waals surface area (Å²) in [6.07, 6.45) is 0.0754. The first-order chi connectivity index (χ1) is 12.7. The molecule has 0 aromatic carbocycles. The van der Waals surface area contributed by atoms with Gasteiger partial charge in [0.05, 0.1) is 30.7 Å². The number of rotatable bonds is 11. The highest BCUT2D eigenvalue weighted by Crippen LogP contribution is 2.25. The molecule has 27 heavy (non-hydrogen) atoms. The fourth-order valence-electron chi connectivity index (χ4n) is 2.67. The number of ether oxygens (including phenoxy) is 2. The first-order valence-corrected chi connectivity index (χ1v) is 8.87. The molecule has 0 bridgehead atoms. The third-order valence-corrected chi connectivity index (χ3v) is 4.49. The molecule has 150 valence electrons. The molecule has 1 heterocycles. The van der Waals surface area contributed by atoms with E-state index >= 15 is 0 Å². The second-order valence-corrected chi connectivity index (χ2v) is 6.90. The minimum atomic E-state index is -1.35. The highest BCUT2D eigenvalue weighted by atomic mass is 35.5. The number of pyridine rings is 1. The normalized spacial score (nSPS) is 15.4. The summed E-state index contributed by atoms with van der Waals surface area (Å²) in [5.74, 6) is -1.61. The summed E-state index contributed by atoms with van der Waals surface area (Å²) in [6, 6.07) is 2.13. The van der Waals surface area contributed by atoms with Gasteiger partial charge >= 0.3 is 5.97 Å². The van der Waals surface area contributed by atoms with E-state index in [9.17, 15) is 24.3 Å². The second-order valence-electron chi connectivity index (χ2n) is 6.21. The zero-order valence-corrected chi connectivity index (χ0v) is 16.3. The van der Waals surface area contributed by atoms with Crippen LogP contribution in [0, 0.1) is 17.2 Å². The molecule has 1 aromatic heterocycles. The molecule has 0 amide bonds. The standard InChI is InChI=1S/C18H24ClFN2O5/c1-11(19)14(20)7-12(9-21)6-13-8-17(23)22(10-16(13)27-3)15(18(24)25)4-5-26-2/h8,10-12,14-15H,4-7H2,1-3H3,(H,24,25). The Hall–Kier alpha value is -2.11. The van der Waals surface area contributed by atoms with E-state index in [0.717, 1.165) is 4.57 Å². The van der Waals surface area contributed by atoms with E-state index in [2.05, 4.69) is 0 Å². The van der Waals surface area contributed by atoms with Gasteiger partial charge in [0.1, 0.15) is 18.0 Å². The maximum atomic E-state index is 13.8. The SMILES string of the molecule is COCCC(C(=O)O)n1cc(OC)c(CC(C#N)CC(F)C(C)Cl)cc1=O. The first kappa shape index (κ1) is 22.9. The van der Waals surface area contributed by atoms with Crippen molar-refractivity contribution in [2.24, 2.45) is 5.92 Å². The van der Waals surface area contributed by atoms with Gasteiger partial charge in [0.2, 0.25) is 0 Å². The maximum absolute atomic E-state index is 13.8. The van der Waals surface area contributed by atoms with Crippen LogP contribution < -0.4 is 10.3 Å². The molecule has 4 atom stereocenters. The number of methoxy groups -OCH3 is 2. The highest BCUT2D eigenvalue weighted by molar-refractivity contribution is 6.20. The summed E-state index contributed by atoms with van der Waals surface area (Å²) in [6.45, 7) is 1.67. The van der Waals surface area contributed by atoms with Crippen molar-refractivity contribution in [3.8, 4) is 11.8 Å². The Balaban J connectivity index is 3.17. The van der Waals surface area contributed by atoms with Gasteiger partial charge in [0, 0.05) is 31.8 Å². The summed E-state index contributed by atoms with van der Waals surface area (Å²) in [5, 5.41) is 18.0. The summed E-state index contributed by atoms with van der Waals surface area (Å²) in [5.41, 5.74) is -0.135. The number of aromatic nitrogens is 1. The number of carboxylic acid groups (broad SMARTS) is 1. The monoisotopic (exact) mass is 402 g/mol. The molecule has 1 N–H and O–H groups in total. The van der Waals surface area contributed by atoms with Crippen LogP contribution in [0.25, 0.3) is 0 Å². The smallest absolute Gasteiger partial charge is 0.326 e. The van der Waals surface area contributed by atoms with Crippen LogP contribution in [0.3, 0.4) is 0 Å². The van der Waals surface area contributed by atoms with E-state index in [1.54, 1.807) is 0 Å². The Morgan fingerprint density at radius 1 is 1.48 bits per heavy atom. The number of carboxylic acids is 1. The zero-order chi connectivity index (χ0) is 20.6. The molecular weight excluding hydrogens is 379 g/mol. The Labute approximate surface area is 162 Å². The van der Waals surface area contributed by atoms with Crippen LogP contribution in [0.4, 0.5) is 4.39 Å². The third kappa shape index (κ3) is 6.52. The minimum Gasteiger partial charge on any atom is -0.495 e. The quantitative estimate of drug-likeness (QED) is 0.571. The lowest BCUT2D eigenvalue weighted by Gasteiger charge is -2.19. The second kappa shape index (κ2) is 10.9. The van der Waals surface area contributed by atoms with Crippen molar-refractivity contribution < 1.29 is 23.8 Å². The van der Waals surface area contributed by atoms with Gasteiger partial charge < -0.3 is 14.6 Å². The molecule has 1 rings (SSSR count). The lowest BCUT2D eigenvalue weighted by molar-refractivity contribution is -0.141. The summed E-state index contributed by atoms with van der Waals surface area (Å²) in [4.78, 5) is 23.9. The molecule has 7 nitrogen and oxygen atoms in total. The van der Waals surface area contributed by atoms with Crippen molar-refractivity contribution >= 4 is 17.6 Å². The lowest BCUT2D eigenvalue weighted by Crippen LogP contribution is -2.31. The molecule has 1 aromatic rings. The average Bonchev–Trinajstić information content (AvgIpc) is 2.62. The number of hydrogen-bond acceptors (Lipinski definition) is 5. The summed E-state index contributed by atoms with van der Waals surface area (Å²) >= 11 is 5.71. The number of aliphatic carboxylic acids is 1. The van der Waals surface area contributed by atoms with Crippen molar-refractivity contribution in [1.82, 2.24) is 4.57 Å². The Bertz CT molecular complexity index is 731. The number of halogens is 2. The number of carbonyl (C=O) groups is 1. The fraction of sp³-hybridized carbons (Fsp3) is 0.611. The minimum absolute atomic E-state index is 0.0704. The van der Waals surface area contributed by atoms with E-state index in [1.165, 1.54) is 33.4 Å². The van der Waals surface area contributed by atoms with Crippen molar-refractivity contribution in [2.45, 2.75) is 43.8 Å². The van der Waals surface area contributed by atoms with E-state index in [0.29, 0.717) is 5.56 Å². The molecule has 4 unspecified atom stereocenters. The van der Waals surface area contributed by atoms with Gasteiger partial charge in [-0.15, -0.1) is 11.6 Å². The molecule has 0 aliphatic heterocycles. The Kier molecular flexibility index (Phi) is 9.26. The zero-order valence-electron chi connectivity index (χ0n) is 15.5. The van der Waals surface area contributed by atoms with Crippen LogP contribution in [-0.4, -0.2) is 48.0 Å². The predicted octanol–water partition coefficient (Wildman–Crippen LogP) is 2.56. The first-order valence-electron chi connectivity index (χ1n) is 8.43. The van der Waals surface area contributed by atoms with E-state index in [1.807, 2.05) is 6.07 Å². The van der Waals surface area contributed by atoms with E-state index in [-0.39, 0.29) is 31.6 Å². The lowest BCUT2D eigenvalue weighted by atomic mass is 9.94. The third-order valence-electron chi connectivity index (χ3n) is 4.22. The fourth-order valence-corrected chi connectivity index (χ4v) is 2.77. The van der Waals surface area contributed by atoms with Crippen LogP contribution in [0.1, 0.15) is 31.4 Å². The highest BCUT2D eigenvalue weighted by Gasteiger charge is 2.24. The summed E-state index contributed by atoms with van der Waals surface area (Å²) < 4.78 is 25.1. The number of nitriles is 1. The van der Waals surface area contributed by atoms with Gasteiger partial charge in [-0.05, 0) is 19.8 Å². The largest absolute Gasteiger partial charge is 0.495 e. The molecular formula is C18H24ClFN2O5. The van der Waals surface area contributed by atoms with Gasteiger partial charge in [-0.2, -0.15) is 5.26 Å². The van der Waals surface area contributed by atoms with Crippen LogP contribution in [-0.2, 0) is 16.0 Å². The predicted molar refractivity (Wildman–Crippen MR) is 98.1 cm³/mol. The van der Waals surface area contributed by atoms with Gasteiger partial charge in [0.25, 0.3) is 5.56 Å². The Morgan fingerprint density at radius 3 is 2.63 bits per heavy atom. The molecule has 0 spiro atoms. The number of nitrogens with zero attached hydrogens (tertiary/aromatic N) is 2. The van der Waals surface area contributed by atoms with Gasteiger partial charge in [-0.25, -0.2) is 9.18 Å². The molecule has 0 fully saturated rings. The Morgan fingerprint density at radius 2 is 2.15 bits per heavy atom. The van der Waals surface area contributed by atoms with Crippen LogP contribution in [0.15, 0.2) is 17.1 Å². The summed E-state index contributed by atoms with van der Waals surface area (Å²) in [7, 11) is 2.81. The van der Waals surface area contributed by atoms with Crippen molar-refractivity contribution in [3.63, 3.8) is 0 Å². The van der Waals surface area contributed by atoms with Crippen molar-refractivity contribution in [2.75, 3.05) is 20.8 Å². The molecule has 0 aliphatic rings. The molecule has 9 heteroatoms.